The van der Waals surface area contributed by atoms with E-state index in [0.29, 0.717) is 5.69 Å². The molecule has 3 rings (SSSR count). The first-order chi connectivity index (χ1) is 13.8. The van der Waals surface area contributed by atoms with Crippen molar-refractivity contribution in [2.24, 2.45) is 0 Å². The molecule has 1 aromatic heterocycles. The van der Waals surface area contributed by atoms with Gasteiger partial charge in [0.15, 0.2) is 6.61 Å². The van der Waals surface area contributed by atoms with E-state index in [1.54, 1.807) is 41.8 Å². The lowest BCUT2D eigenvalue weighted by atomic mass is 10.2. The predicted octanol–water partition coefficient (Wildman–Crippen LogP) is 3.65. The molecule has 0 aliphatic heterocycles. The number of amides is 1. The van der Waals surface area contributed by atoms with E-state index in [1.165, 1.54) is 18.2 Å². The van der Waals surface area contributed by atoms with E-state index in [4.69, 9.17) is 4.74 Å². The number of hydrogen-bond acceptors (Lipinski definition) is 6. The van der Waals surface area contributed by atoms with Crippen LogP contribution in [0.3, 0.4) is 0 Å². The summed E-state index contributed by atoms with van der Waals surface area (Å²) in [6.07, 6.45) is 0. The van der Waals surface area contributed by atoms with Crippen LogP contribution in [0.25, 0.3) is 0 Å². The van der Waals surface area contributed by atoms with Gasteiger partial charge in [-0.3, -0.25) is 9.52 Å². The molecule has 0 unspecified atom stereocenters. The van der Waals surface area contributed by atoms with E-state index in [2.05, 4.69) is 10.0 Å². The molecule has 0 saturated heterocycles. The minimum atomic E-state index is -3.82. The van der Waals surface area contributed by atoms with Crippen molar-refractivity contribution in [2.45, 2.75) is 11.1 Å². The van der Waals surface area contributed by atoms with E-state index < -0.39 is 28.5 Å². The monoisotopic (exact) mass is 430 g/mol. The summed E-state index contributed by atoms with van der Waals surface area (Å²) < 4.78 is 32.4. The number of rotatable bonds is 7. The molecule has 2 N–H and O–H groups in total. The summed E-state index contributed by atoms with van der Waals surface area (Å²) in [5.74, 6) is -1.31. The number of aryl methyl sites for hydroxylation is 1. The average molecular weight is 431 g/mol. The fraction of sp³-hybridized carbons (Fsp3) is 0.100. The third kappa shape index (κ3) is 5.43. The van der Waals surface area contributed by atoms with Gasteiger partial charge in [0, 0.05) is 5.69 Å². The lowest BCUT2D eigenvalue weighted by Crippen LogP contribution is -2.22. The zero-order valence-electron chi connectivity index (χ0n) is 15.4. The number of hydrogen-bond donors (Lipinski definition) is 2. The molecule has 0 aliphatic carbocycles. The van der Waals surface area contributed by atoms with E-state index in [1.807, 2.05) is 13.0 Å². The maximum atomic E-state index is 12.4. The van der Waals surface area contributed by atoms with Crippen LogP contribution in [-0.2, 0) is 19.6 Å². The fourth-order valence-electron chi connectivity index (χ4n) is 2.49. The minimum absolute atomic E-state index is 0.0102. The summed E-state index contributed by atoms with van der Waals surface area (Å²) in [4.78, 5) is 24.4. The topological polar surface area (TPSA) is 102 Å². The number of benzene rings is 2. The smallest absolute Gasteiger partial charge is 0.340 e. The van der Waals surface area contributed by atoms with Crippen molar-refractivity contribution in [3.05, 3.63) is 77.2 Å². The Morgan fingerprint density at radius 3 is 2.55 bits per heavy atom. The summed E-state index contributed by atoms with van der Waals surface area (Å²) in [7, 11) is -3.82. The van der Waals surface area contributed by atoms with Crippen LogP contribution in [0.5, 0.6) is 0 Å². The third-order valence-corrected chi connectivity index (χ3v) is 6.55. The summed E-state index contributed by atoms with van der Waals surface area (Å²) in [6, 6.07) is 16.3. The molecular formula is C20H18N2O5S2. The molecule has 0 aliphatic rings. The Bertz CT molecular complexity index is 1130. The zero-order valence-corrected chi connectivity index (χ0v) is 17.0. The second-order valence-corrected chi connectivity index (χ2v) is 8.93. The molecule has 0 spiro atoms. The van der Waals surface area contributed by atoms with Crippen LogP contribution < -0.4 is 10.0 Å². The standard InChI is InChI=1S/C20H18N2O5S2/c1-14-6-4-7-15(12-14)21-18(23)13-27-20(24)16-8-2-3-9-17(16)22-29(25,26)19-10-5-11-28-19/h2-12,22H,13H2,1H3,(H,21,23). The molecule has 0 saturated carbocycles. The van der Waals surface area contributed by atoms with Gasteiger partial charge in [-0.15, -0.1) is 11.3 Å². The lowest BCUT2D eigenvalue weighted by molar-refractivity contribution is -0.119. The Morgan fingerprint density at radius 2 is 1.83 bits per heavy atom. The van der Waals surface area contributed by atoms with Gasteiger partial charge in [0.1, 0.15) is 4.21 Å². The van der Waals surface area contributed by atoms with Crippen molar-refractivity contribution in [1.82, 2.24) is 0 Å². The molecule has 2 aromatic carbocycles. The number of esters is 1. The highest BCUT2D eigenvalue weighted by Gasteiger charge is 2.20. The molecule has 9 heteroatoms. The number of para-hydroxylation sites is 1. The Hall–Kier alpha value is -3.17. The largest absolute Gasteiger partial charge is 0.452 e. The van der Waals surface area contributed by atoms with Gasteiger partial charge in [-0.05, 0) is 48.2 Å². The first-order valence-electron chi connectivity index (χ1n) is 8.54. The summed E-state index contributed by atoms with van der Waals surface area (Å²) in [5.41, 5.74) is 1.66. The SMILES string of the molecule is Cc1cccc(NC(=O)COC(=O)c2ccccc2NS(=O)(=O)c2cccs2)c1. The van der Waals surface area contributed by atoms with Crippen LogP contribution >= 0.6 is 11.3 Å². The molecule has 0 fully saturated rings. The van der Waals surface area contributed by atoms with E-state index in [0.717, 1.165) is 16.9 Å². The van der Waals surface area contributed by atoms with Crippen molar-refractivity contribution >= 4 is 44.6 Å². The first kappa shape index (κ1) is 20.6. The Kier molecular flexibility index (Phi) is 6.30. The van der Waals surface area contributed by atoms with E-state index in [9.17, 15) is 18.0 Å². The molecule has 29 heavy (non-hydrogen) atoms. The summed E-state index contributed by atoms with van der Waals surface area (Å²) >= 11 is 1.06. The number of anilines is 2. The molecule has 150 valence electrons. The molecule has 3 aromatic rings. The molecule has 7 nitrogen and oxygen atoms in total. The first-order valence-corrected chi connectivity index (χ1v) is 10.9. The van der Waals surface area contributed by atoms with Gasteiger partial charge in [0.25, 0.3) is 15.9 Å². The van der Waals surface area contributed by atoms with Gasteiger partial charge in [0.05, 0.1) is 11.3 Å². The van der Waals surface area contributed by atoms with Crippen LogP contribution in [-0.4, -0.2) is 26.9 Å². The van der Waals surface area contributed by atoms with Crippen molar-refractivity contribution < 1.29 is 22.7 Å². The molecule has 0 bridgehead atoms. The number of carbonyl (C=O) groups is 2. The number of thiophene rings is 1. The molecule has 0 radical (unpaired) electrons. The van der Waals surface area contributed by atoms with E-state index >= 15 is 0 Å². The number of ether oxygens (including phenoxy) is 1. The third-order valence-electron chi connectivity index (χ3n) is 3.79. The zero-order chi connectivity index (χ0) is 20.9. The lowest BCUT2D eigenvalue weighted by Gasteiger charge is -2.12. The maximum absolute atomic E-state index is 12.4. The second kappa shape index (κ2) is 8.89. The van der Waals surface area contributed by atoms with Crippen molar-refractivity contribution in [3.8, 4) is 0 Å². The van der Waals surface area contributed by atoms with Gasteiger partial charge in [-0.1, -0.05) is 30.3 Å². The van der Waals surface area contributed by atoms with E-state index in [-0.39, 0.29) is 15.5 Å². The van der Waals surface area contributed by atoms with Crippen LogP contribution in [0.2, 0.25) is 0 Å². The number of nitrogens with one attached hydrogen (secondary N) is 2. The van der Waals surface area contributed by atoms with Crippen molar-refractivity contribution in [1.29, 1.82) is 0 Å². The fourth-order valence-corrected chi connectivity index (χ4v) is 4.56. The molecule has 0 atom stereocenters. The minimum Gasteiger partial charge on any atom is -0.452 e. The highest BCUT2D eigenvalue weighted by Crippen LogP contribution is 2.23. The number of sulfonamides is 1. The van der Waals surface area contributed by atoms with Crippen LogP contribution in [0.4, 0.5) is 11.4 Å². The molecular weight excluding hydrogens is 412 g/mol. The maximum Gasteiger partial charge on any atom is 0.340 e. The highest BCUT2D eigenvalue weighted by atomic mass is 32.2. The van der Waals surface area contributed by atoms with Gasteiger partial charge < -0.3 is 10.1 Å². The average Bonchev–Trinajstić information content (AvgIpc) is 3.22. The van der Waals surface area contributed by atoms with Crippen LogP contribution in [0.15, 0.2) is 70.3 Å². The summed E-state index contributed by atoms with van der Waals surface area (Å²) in [6.45, 7) is 1.39. The highest BCUT2D eigenvalue weighted by molar-refractivity contribution is 7.94. The Morgan fingerprint density at radius 1 is 1.03 bits per heavy atom. The van der Waals surface area contributed by atoms with Gasteiger partial charge in [0.2, 0.25) is 0 Å². The Labute approximate surface area is 172 Å². The van der Waals surface area contributed by atoms with Crippen molar-refractivity contribution in [2.75, 3.05) is 16.6 Å². The quantitative estimate of drug-likeness (QED) is 0.557. The second-order valence-electron chi connectivity index (χ2n) is 6.08. The van der Waals surface area contributed by atoms with Gasteiger partial charge in [-0.2, -0.15) is 0 Å². The van der Waals surface area contributed by atoms with Crippen molar-refractivity contribution in [3.63, 3.8) is 0 Å². The van der Waals surface area contributed by atoms with Gasteiger partial charge >= 0.3 is 5.97 Å². The predicted molar refractivity (Wildman–Crippen MR) is 112 cm³/mol. The molecule has 1 heterocycles. The normalized spacial score (nSPS) is 10.9. The van der Waals surface area contributed by atoms with Gasteiger partial charge in [-0.25, -0.2) is 13.2 Å². The summed E-state index contributed by atoms with van der Waals surface area (Å²) in [5, 5.41) is 4.28. The van der Waals surface area contributed by atoms with Crippen LogP contribution in [0, 0.1) is 6.92 Å². The van der Waals surface area contributed by atoms with Crippen LogP contribution in [0.1, 0.15) is 15.9 Å². The molecule has 1 amide bonds. The Balaban J connectivity index is 1.66. The number of carbonyl (C=O) groups excluding carboxylic acids is 2.